The molecule has 0 saturated carbocycles. The van der Waals surface area contributed by atoms with Crippen LogP contribution in [-0.2, 0) is 28.6 Å². The van der Waals surface area contributed by atoms with E-state index in [2.05, 4.69) is 45.1 Å². The highest BCUT2D eigenvalue weighted by atomic mass is 16.6. The van der Waals surface area contributed by atoms with E-state index in [0.29, 0.717) is 19.3 Å². The fourth-order valence-corrected chi connectivity index (χ4v) is 9.29. The van der Waals surface area contributed by atoms with E-state index in [-0.39, 0.29) is 31.1 Å². The number of hydrogen-bond donors (Lipinski definition) is 0. The lowest BCUT2D eigenvalue weighted by Crippen LogP contribution is -2.30. The van der Waals surface area contributed by atoms with Crippen molar-refractivity contribution < 1.29 is 28.6 Å². The molecule has 0 heterocycles. The van der Waals surface area contributed by atoms with Gasteiger partial charge in [-0.3, -0.25) is 14.4 Å². The Balaban J connectivity index is 4.30. The molecule has 0 spiro atoms. The summed E-state index contributed by atoms with van der Waals surface area (Å²) >= 11 is 0. The minimum atomic E-state index is -0.772. The second kappa shape index (κ2) is 58.5. The Labute approximate surface area is 430 Å². The molecule has 0 aliphatic heterocycles. The zero-order chi connectivity index (χ0) is 50.0. The van der Waals surface area contributed by atoms with E-state index in [1.165, 1.54) is 225 Å². The summed E-state index contributed by atoms with van der Waals surface area (Å²) in [4.78, 5) is 38.2. The molecule has 0 N–H and O–H groups in total. The number of carbonyl (C=O) groups excluding carboxylic acids is 3. The molecule has 69 heavy (non-hydrogen) atoms. The third-order valence-corrected chi connectivity index (χ3v) is 14.0. The zero-order valence-electron chi connectivity index (χ0n) is 46.6. The molecule has 1 atom stereocenters. The number of carbonyl (C=O) groups is 3. The fourth-order valence-electron chi connectivity index (χ4n) is 9.29. The third kappa shape index (κ3) is 56.7. The molecule has 0 aliphatic carbocycles. The molecule has 0 aromatic carbocycles. The van der Waals surface area contributed by atoms with Gasteiger partial charge < -0.3 is 14.2 Å². The van der Waals surface area contributed by atoms with E-state index >= 15 is 0 Å². The lowest BCUT2D eigenvalue weighted by molar-refractivity contribution is -0.167. The quantitative estimate of drug-likeness (QED) is 0.0261. The molecule has 0 bridgehead atoms. The fraction of sp³-hybridized carbons (Fsp3) is 0.889. The standard InChI is InChI=1S/C63H118O6/c1-4-7-10-13-16-19-22-25-28-30-32-34-35-38-41-44-47-50-53-56-62(65)68-59-60(58-67-61(64)55-52-49-46-43-40-37-27-24-21-18-15-12-9-6-3)69-63(66)57-54-51-48-45-42-39-36-33-31-29-26-23-20-17-14-11-8-5-2/h15,18,24,27,60H,4-14,16-17,19-23,25-26,28-59H2,1-3H3/b18-15-,27-24-. The number of ether oxygens (including phenoxy) is 3. The van der Waals surface area contributed by atoms with Crippen molar-refractivity contribution >= 4 is 17.9 Å². The van der Waals surface area contributed by atoms with Gasteiger partial charge in [0.15, 0.2) is 6.10 Å². The van der Waals surface area contributed by atoms with E-state index in [9.17, 15) is 14.4 Å². The summed E-state index contributed by atoms with van der Waals surface area (Å²) in [6.07, 6.45) is 68.9. The SMILES string of the molecule is CCCC/C=C\C/C=C\CCCCCCCC(=O)OCC(COC(=O)CCCCCCCCCCCCCCCCCCCCC)OC(=O)CCCCCCCCCCCCCCCCCCCC. The Morgan fingerprint density at radius 3 is 0.841 bits per heavy atom. The topological polar surface area (TPSA) is 78.9 Å². The monoisotopic (exact) mass is 971 g/mol. The zero-order valence-corrected chi connectivity index (χ0v) is 46.6. The maximum atomic E-state index is 12.9. The average Bonchev–Trinajstić information content (AvgIpc) is 3.35. The number of rotatable bonds is 57. The normalized spacial score (nSPS) is 12.1. The van der Waals surface area contributed by atoms with Crippen LogP contribution < -0.4 is 0 Å². The van der Waals surface area contributed by atoms with Gasteiger partial charge in [-0.25, -0.2) is 0 Å². The Bertz CT molecular complexity index is 1110. The molecule has 0 fully saturated rings. The van der Waals surface area contributed by atoms with Crippen LogP contribution in [0.3, 0.4) is 0 Å². The van der Waals surface area contributed by atoms with Gasteiger partial charge in [-0.2, -0.15) is 0 Å². The van der Waals surface area contributed by atoms with Crippen LogP contribution in [-0.4, -0.2) is 37.2 Å². The first-order chi connectivity index (χ1) is 34.0. The summed E-state index contributed by atoms with van der Waals surface area (Å²) in [5.41, 5.74) is 0. The summed E-state index contributed by atoms with van der Waals surface area (Å²) in [5, 5.41) is 0. The van der Waals surface area contributed by atoms with Crippen molar-refractivity contribution in [2.75, 3.05) is 13.2 Å². The highest BCUT2D eigenvalue weighted by Crippen LogP contribution is 2.18. The lowest BCUT2D eigenvalue weighted by atomic mass is 10.0. The maximum absolute atomic E-state index is 12.9. The van der Waals surface area contributed by atoms with Crippen LogP contribution in [0.15, 0.2) is 24.3 Å². The third-order valence-electron chi connectivity index (χ3n) is 14.0. The van der Waals surface area contributed by atoms with Crippen LogP contribution in [0.2, 0.25) is 0 Å². The summed E-state index contributed by atoms with van der Waals surface area (Å²) in [5.74, 6) is -0.858. The lowest BCUT2D eigenvalue weighted by Gasteiger charge is -2.18. The first kappa shape index (κ1) is 66.9. The van der Waals surface area contributed by atoms with Crippen LogP contribution >= 0.6 is 0 Å². The average molecular weight is 972 g/mol. The van der Waals surface area contributed by atoms with Crippen molar-refractivity contribution in [2.45, 2.75) is 348 Å². The Hall–Kier alpha value is -2.11. The summed E-state index contributed by atoms with van der Waals surface area (Å²) in [7, 11) is 0. The van der Waals surface area contributed by atoms with Crippen molar-refractivity contribution in [2.24, 2.45) is 0 Å². The Kier molecular flexibility index (Phi) is 56.7. The molecular weight excluding hydrogens is 853 g/mol. The van der Waals surface area contributed by atoms with E-state index in [4.69, 9.17) is 14.2 Å². The molecule has 1 unspecified atom stereocenters. The van der Waals surface area contributed by atoms with Crippen molar-refractivity contribution in [1.82, 2.24) is 0 Å². The Morgan fingerprint density at radius 2 is 0.536 bits per heavy atom. The van der Waals surface area contributed by atoms with Gasteiger partial charge in [-0.1, -0.05) is 302 Å². The van der Waals surface area contributed by atoms with Gasteiger partial charge in [0.1, 0.15) is 13.2 Å². The van der Waals surface area contributed by atoms with Crippen molar-refractivity contribution in [3.63, 3.8) is 0 Å². The van der Waals surface area contributed by atoms with Crippen LogP contribution in [0.5, 0.6) is 0 Å². The number of unbranched alkanes of at least 4 members (excludes halogenated alkanes) is 42. The van der Waals surface area contributed by atoms with Crippen LogP contribution in [0.4, 0.5) is 0 Å². The molecule has 0 aliphatic rings. The molecule has 0 amide bonds. The van der Waals surface area contributed by atoms with Crippen LogP contribution in [0, 0.1) is 0 Å². The highest BCUT2D eigenvalue weighted by molar-refractivity contribution is 5.71. The predicted molar refractivity (Wildman–Crippen MR) is 298 cm³/mol. The molecule has 6 nitrogen and oxygen atoms in total. The molecule has 406 valence electrons. The van der Waals surface area contributed by atoms with Gasteiger partial charge in [-0.15, -0.1) is 0 Å². The van der Waals surface area contributed by atoms with Crippen molar-refractivity contribution in [1.29, 1.82) is 0 Å². The molecule has 0 saturated heterocycles. The smallest absolute Gasteiger partial charge is 0.306 e. The molecule has 6 heteroatoms. The van der Waals surface area contributed by atoms with E-state index in [1.807, 2.05) is 0 Å². The van der Waals surface area contributed by atoms with Gasteiger partial charge in [0, 0.05) is 19.3 Å². The van der Waals surface area contributed by atoms with E-state index in [0.717, 1.165) is 77.0 Å². The molecule has 0 rings (SSSR count). The van der Waals surface area contributed by atoms with Gasteiger partial charge in [0.2, 0.25) is 0 Å². The maximum Gasteiger partial charge on any atom is 0.306 e. The van der Waals surface area contributed by atoms with Crippen LogP contribution in [0.1, 0.15) is 342 Å². The van der Waals surface area contributed by atoms with E-state index in [1.54, 1.807) is 0 Å². The number of hydrogen-bond acceptors (Lipinski definition) is 6. The Morgan fingerprint density at radius 1 is 0.290 bits per heavy atom. The predicted octanol–water partition coefficient (Wildman–Crippen LogP) is 20.7. The van der Waals surface area contributed by atoms with E-state index < -0.39 is 6.10 Å². The van der Waals surface area contributed by atoms with Crippen molar-refractivity contribution in [3.05, 3.63) is 24.3 Å². The largest absolute Gasteiger partial charge is 0.462 e. The van der Waals surface area contributed by atoms with Gasteiger partial charge in [0.25, 0.3) is 0 Å². The minimum Gasteiger partial charge on any atom is -0.462 e. The second-order valence-corrected chi connectivity index (χ2v) is 21.0. The molecule has 0 radical (unpaired) electrons. The number of esters is 3. The van der Waals surface area contributed by atoms with Crippen molar-refractivity contribution in [3.8, 4) is 0 Å². The highest BCUT2D eigenvalue weighted by Gasteiger charge is 2.19. The first-order valence-corrected chi connectivity index (χ1v) is 30.8. The minimum absolute atomic E-state index is 0.0697. The second-order valence-electron chi connectivity index (χ2n) is 21.0. The summed E-state index contributed by atoms with van der Waals surface area (Å²) < 4.78 is 16.9. The number of allylic oxidation sites excluding steroid dienone is 4. The molecular formula is C63H118O6. The van der Waals surface area contributed by atoms with Crippen LogP contribution in [0.25, 0.3) is 0 Å². The summed E-state index contributed by atoms with van der Waals surface area (Å²) in [6.45, 7) is 6.65. The molecule has 0 aromatic heterocycles. The summed E-state index contributed by atoms with van der Waals surface area (Å²) in [6, 6.07) is 0. The van der Waals surface area contributed by atoms with Gasteiger partial charge >= 0.3 is 17.9 Å². The first-order valence-electron chi connectivity index (χ1n) is 30.8. The van der Waals surface area contributed by atoms with Gasteiger partial charge in [0.05, 0.1) is 0 Å². The molecule has 0 aromatic rings. The van der Waals surface area contributed by atoms with Gasteiger partial charge in [-0.05, 0) is 44.9 Å².